The molecule has 0 amide bonds. The Morgan fingerprint density at radius 1 is 1.23 bits per heavy atom. The van der Waals surface area contributed by atoms with Crippen LogP contribution in [-0.2, 0) is 17.6 Å². The molecule has 1 heterocycles. The van der Waals surface area contributed by atoms with Gasteiger partial charge in [-0.1, -0.05) is 53.2 Å². The van der Waals surface area contributed by atoms with Gasteiger partial charge in [0.2, 0.25) is 0 Å². The summed E-state index contributed by atoms with van der Waals surface area (Å²) in [6.45, 7) is 2.79. The molecule has 0 bridgehead atoms. The van der Waals surface area contributed by atoms with Gasteiger partial charge in [0.25, 0.3) is 0 Å². The number of Topliss-reactive ketones (excluding diaryl/α,β-unsaturated/α-hetero) is 1. The maximum Gasteiger partial charge on any atom is 0.165 e. The van der Waals surface area contributed by atoms with E-state index in [1.807, 2.05) is 30.3 Å². The molecule has 1 unspecified atom stereocenters. The second-order valence-corrected chi connectivity index (χ2v) is 6.55. The Hall–Kier alpha value is -1.45. The molecule has 2 nitrogen and oxygen atoms in total. The molecule has 114 valence electrons. The molecule has 0 N–H and O–H groups in total. The molecule has 3 rings (SSSR count). The van der Waals surface area contributed by atoms with E-state index in [0.29, 0.717) is 13.0 Å². The number of halogens is 1. The first-order valence-electron chi connectivity index (χ1n) is 7.69. The summed E-state index contributed by atoms with van der Waals surface area (Å²) in [5.41, 5.74) is 4.44. The standard InChI is InChI=1S/C19H19BrO2/c1-2-13-3-5-14(6-4-13)18(21)12-19-17-8-7-16(20)11-15(17)9-10-22-19/h3-8,11,19H,2,9-10,12H2,1H3. The Morgan fingerprint density at radius 3 is 2.73 bits per heavy atom. The number of ketones is 1. The SMILES string of the molecule is CCc1ccc(C(=O)CC2OCCc3cc(Br)ccc32)cc1. The maximum atomic E-state index is 12.5. The Labute approximate surface area is 139 Å². The van der Waals surface area contributed by atoms with Crippen molar-refractivity contribution in [3.63, 3.8) is 0 Å². The second-order valence-electron chi connectivity index (χ2n) is 5.63. The summed E-state index contributed by atoms with van der Waals surface area (Å²) in [7, 11) is 0. The summed E-state index contributed by atoms with van der Waals surface area (Å²) < 4.78 is 6.92. The van der Waals surface area contributed by atoms with E-state index in [-0.39, 0.29) is 11.9 Å². The number of carbonyl (C=O) groups is 1. The van der Waals surface area contributed by atoms with E-state index < -0.39 is 0 Å². The minimum absolute atomic E-state index is 0.129. The third-order valence-corrected chi connectivity index (χ3v) is 4.69. The quantitative estimate of drug-likeness (QED) is 0.726. The highest BCUT2D eigenvalue weighted by molar-refractivity contribution is 9.10. The predicted molar refractivity (Wildman–Crippen MR) is 91.3 cm³/mol. The van der Waals surface area contributed by atoms with E-state index in [1.54, 1.807) is 0 Å². The van der Waals surface area contributed by atoms with Gasteiger partial charge in [0.15, 0.2) is 5.78 Å². The highest BCUT2D eigenvalue weighted by Gasteiger charge is 2.24. The zero-order valence-electron chi connectivity index (χ0n) is 12.6. The molecule has 0 aliphatic carbocycles. The number of hydrogen-bond acceptors (Lipinski definition) is 2. The van der Waals surface area contributed by atoms with Crippen LogP contribution < -0.4 is 0 Å². The zero-order chi connectivity index (χ0) is 15.5. The van der Waals surface area contributed by atoms with Gasteiger partial charge in [-0.05, 0) is 41.7 Å². The van der Waals surface area contributed by atoms with Crippen LogP contribution in [0.2, 0.25) is 0 Å². The predicted octanol–water partition coefficient (Wildman–Crippen LogP) is 4.90. The molecule has 2 aromatic rings. The van der Waals surface area contributed by atoms with E-state index in [0.717, 1.165) is 28.4 Å². The molecule has 3 heteroatoms. The molecule has 0 spiro atoms. The summed E-state index contributed by atoms with van der Waals surface area (Å²) in [5.74, 6) is 0.142. The van der Waals surface area contributed by atoms with Crippen molar-refractivity contribution in [2.75, 3.05) is 6.61 Å². The largest absolute Gasteiger partial charge is 0.373 e. The Morgan fingerprint density at radius 2 is 2.00 bits per heavy atom. The first-order valence-corrected chi connectivity index (χ1v) is 8.48. The molecular formula is C19H19BrO2. The van der Waals surface area contributed by atoms with Crippen molar-refractivity contribution in [3.05, 3.63) is 69.2 Å². The van der Waals surface area contributed by atoms with Crippen molar-refractivity contribution in [2.24, 2.45) is 0 Å². The first kappa shape index (κ1) is 15.4. The lowest BCUT2D eigenvalue weighted by Gasteiger charge is -2.26. The topological polar surface area (TPSA) is 26.3 Å². The van der Waals surface area contributed by atoms with Gasteiger partial charge in [-0.2, -0.15) is 0 Å². The molecule has 1 atom stereocenters. The Kier molecular flexibility index (Phi) is 4.74. The van der Waals surface area contributed by atoms with Crippen LogP contribution in [0.5, 0.6) is 0 Å². The molecule has 0 radical (unpaired) electrons. The summed E-state index contributed by atoms with van der Waals surface area (Å²) in [6.07, 6.45) is 2.17. The minimum Gasteiger partial charge on any atom is -0.373 e. The first-order chi connectivity index (χ1) is 10.7. The van der Waals surface area contributed by atoms with Gasteiger partial charge < -0.3 is 4.74 Å². The number of ether oxygens (including phenoxy) is 1. The van der Waals surface area contributed by atoms with E-state index in [9.17, 15) is 4.79 Å². The fourth-order valence-electron chi connectivity index (χ4n) is 2.89. The van der Waals surface area contributed by atoms with Gasteiger partial charge in [-0.25, -0.2) is 0 Å². The lowest BCUT2D eigenvalue weighted by atomic mass is 9.93. The molecule has 0 aromatic heterocycles. The monoisotopic (exact) mass is 358 g/mol. The van der Waals surface area contributed by atoms with Gasteiger partial charge in [0.05, 0.1) is 12.7 Å². The number of fused-ring (bicyclic) bond motifs is 1. The molecule has 0 saturated carbocycles. The molecule has 0 fully saturated rings. The van der Waals surface area contributed by atoms with Crippen LogP contribution in [0.4, 0.5) is 0 Å². The van der Waals surface area contributed by atoms with Crippen LogP contribution in [0.3, 0.4) is 0 Å². The fourth-order valence-corrected chi connectivity index (χ4v) is 3.30. The van der Waals surface area contributed by atoms with E-state index >= 15 is 0 Å². The van der Waals surface area contributed by atoms with Crippen molar-refractivity contribution < 1.29 is 9.53 Å². The summed E-state index contributed by atoms with van der Waals surface area (Å²) in [4.78, 5) is 12.5. The molecule has 1 aliphatic heterocycles. The van der Waals surface area contributed by atoms with Crippen molar-refractivity contribution in [2.45, 2.75) is 32.3 Å². The summed E-state index contributed by atoms with van der Waals surface area (Å²) in [6, 6.07) is 14.1. The van der Waals surface area contributed by atoms with Gasteiger partial charge >= 0.3 is 0 Å². The van der Waals surface area contributed by atoms with Gasteiger partial charge in [0.1, 0.15) is 0 Å². The molecule has 22 heavy (non-hydrogen) atoms. The number of aryl methyl sites for hydroxylation is 1. The molecule has 2 aromatic carbocycles. The van der Waals surface area contributed by atoms with E-state index in [1.165, 1.54) is 11.1 Å². The summed E-state index contributed by atoms with van der Waals surface area (Å²) in [5, 5.41) is 0. The third-order valence-electron chi connectivity index (χ3n) is 4.20. The molecular weight excluding hydrogens is 340 g/mol. The third kappa shape index (κ3) is 3.31. The highest BCUT2D eigenvalue weighted by Crippen LogP contribution is 2.32. The van der Waals surface area contributed by atoms with Crippen LogP contribution in [-0.4, -0.2) is 12.4 Å². The Bertz CT molecular complexity index is 676. The van der Waals surface area contributed by atoms with E-state index in [4.69, 9.17) is 4.74 Å². The minimum atomic E-state index is -0.129. The van der Waals surface area contributed by atoms with Crippen LogP contribution in [0, 0.1) is 0 Å². The van der Waals surface area contributed by atoms with Crippen LogP contribution in [0.15, 0.2) is 46.9 Å². The zero-order valence-corrected chi connectivity index (χ0v) is 14.2. The van der Waals surface area contributed by atoms with Crippen molar-refractivity contribution in [3.8, 4) is 0 Å². The molecule has 0 saturated heterocycles. The van der Waals surface area contributed by atoms with Gasteiger partial charge in [0, 0.05) is 16.5 Å². The smallest absolute Gasteiger partial charge is 0.165 e. The normalized spacial score (nSPS) is 17.1. The Balaban J connectivity index is 1.77. The van der Waals surface area contributed by atoms with Crippen molar-refractivity contribution in [1.82, 2.24) is 0 Å². The number of rotatable bonds is 4. The highest BCUT2D eigenvalue weighted by atomic mass is 79.9. The van der Waals surface area contributed by atoms with Crippen LogP contribution >= 0.6 is 15.9 Å². The van der Waals surface area contributed by atoms with Gasteiger partial charge in [-0.15, -0.1) is 0 Å². The number of carbonyl (C=O) groups excluding carboxylic acids is 1. The maximum absolute atomic E-state index is 12.5. The van der Waals surface area contributed by atoms with Crippen molar-refractivity contribution in [1.29, 1.82) is 0 Å². The van der Waals surface area contributed by atoms with Crippen LogP contribution in [0.1, 0.15) is 46.5 Å². The molecule has 1 aliphatic rings. The fraction of sp³-hybridized carbons (Fsp3) is 0.316. The average molecular weight is 359 g/mol. The lowest BCUT2D eigenvalue weighted by molar-refractivity contribution is 0.0351. The van der Waals surface area contributed by atoms with E-state index in [2.05, 4.69) is 35.0 Å². The lowest BCUT2D eigenvalue weighted by Crippen LogP contribution is -2.19. The van der Waals surface area contributed by atoms with Gasteiger partial charge in [-0.3, -0.25) is 4.79 Å². The van der Waals surface area contributed by atoms with Crippen molar-refractivity contribution >= 4 is 21.7 Å². The summed E-state index contributed by atoms with van der Waals surface area (Å²) >= 11 is 3.50. The average Bonchev–Trinajstić information content (AvgIpc) is 2.55. The number of hydrogen-bond donors (Lipinski definition) is 0. The number of benzene rings is 2. The second kappa shape index (κ2) is 6.76. The van der Waals surface area contributed by atoms with Crippen LogP contribution in [0.25, 0.3) is 0 Å².